The number of rotatable bonds is 8. The van der Waals surface area contributed by atoms with Gasteiger partial charge in [0, 0.05) is 32.8 Å². The van der Waals surface area contributed by atoms with E-state index in [4.69, 9.17) is 4.74 Å². The van der Waals surface area contributed by atoms with Crippen LogP contribution in [0.2, 0.25) is 0 Å². The Labute approximate surface area is 110 Å². The van der Waals surface area contributed by atoms with Gasteiger partial charge in [-0.05, 0) is 18.9 Å². The lowest BCUT2D eigenvalue weighted by atomic mass is 9.96. The summed E-state index contributed by atoms with van der Waals surface area (Å²) in [6.07, 6.45) is 4.13. The standard InChI is InChI=1S/C13H26N4O/c1-6-7-14-12(13(18-5)10(2)3)8-11-9-17(4)16-15-11/h9-10,12-14H,6-8H2,1-5H3. The molecule has 1 aromatic rings. The average molecular weight is 254 g/mol. The quantitative estimate of drug-likeness (QED) is 0.762. The molecule has 0 aliphatic rings. The van der Waals surface area contributed by atoms with E-state index in [-0.39, 0.29) is 12.1 Å². The zero-order valence-corrected chi connectivity index (χ0v) is 12.2. The smallest absolute Gasteiger partial charge is 0.0843 e. The van der Waals surface area contributed by atoms with Gasteiger partial charge in [0.1, 0.15) is 0 Å². The molecule has 1 aromatic heterocycles. The zero-order chi connectivity index (χ0) is 13.5. The van der Waals surface area contributed by atoms with Gasteiger partial charge in [0.25, 0.3) is 0 Å². The predicted molar refractivity (Wildman–Crippen MR) is 72.4 cm³/mol. The number of nitrogens with zero attached hydrogens (tertiary/aromatic N) is 3. The summed E-state index contributed by atoms with van der Waals surface area (Å²) < 4.78 is 7.37. The molecule has 1 rings (SSSR count). The molecule has 0 aromatic carbocycles. The Bertz CT molecular complexity index is 337. The fraction of sp³-hybridized carbons (Fsp3) is 0.846. The highest BCUT2D eigenvalue weighted by Crippen LogP contribution is 2.14. The maximum atomic E-state index is 5.63. The normalized spacial score (nSPS) is 15.0. The molecule has 0 amide bonds. The van der Waals surface area contributed by atoms with E-state index >= 15 is 0 Å². The zero-order valence-electron chi connectivity index (χ0n) is 12.2. The monoisotopic (exact) mass is 254 g/mol. The molecule has 0 saturated heterocycles. The van der Waals surface area contributed by atoms with Crippen LogP contribution in [0.25, 0.3) is 0 Å². The molecule has 0 radical (unpaired) electrons. The van der Waals surface area contributed by atoms with Gasteiger partial charge in [-0.2, -0.15) is 0 Å². The summed E-state index contributed by atoms with van der Waals surface area (Å²) in [6.45, 7) is 7.54. The molecule has 0 bridgehead atoms. The largest absolute Gasteiger partial charge is 0.380 e. The van der Waals surface area contributed by atoms with Crippen molar-refractivity contribution >= 4 is 0 Å². The Kier molecular flexibility index (Phi) is 6.29. The first kappa shape index (κ1) is 15.1. The van der Waals surface area contributed by atoms with Crippen molar-refractivity contribution in [3.8, 4) is 0 Å². The minimum atomic E-state index is 0.193. The lowest BCUT2D eigenvalue weighted by Crippen LogP contribution is -2.45. The van der Waals surface area contributed by atoms with Crippen molar-refractivity contribution in [2.45, 2.75) is 45.8 Å². The van der Waals surface area contributed by atoms with Crippen LogP contribution in [0.1, 0.15) is 32.9 Å². The third kappa shape index (κ3) is 4.38. The van der Waals surface area contributed by atoms with Gasteiger partial charge in [0.2, 0.25) is 0 Å². The summed E-state index contributed by atoms with van der Waals surface area (Å²) in [7, 11) is 3.67. The minimum absolute atomic E-state index is 0.193. The lowest BCUT2D eigenvalue weighted by molar-refractivity contribution is 0.0330. The van der Waals surface area contributed by atoms with Gasteiger partial charge in [-0.15, -0.1) is 5.10 Å². The molecule has 0 aliphatic carbocycles. The molecule has 18 heavy (non-hydrogen) atoms. The molecule has 5 nitrogen and oxygen atoms in total. The first-order valence-electron chi connectivity index (χ1n) is 6.69. The summed E-state index contributed by atoms with van der Waals surface area (Å²) in [5.74, 6) is 0.473. The molecule has 1 heterocycles. The summed E-state index contributed by atoms with van der Waals surface area (Å²) in [6, 6.07) is 0.284. The van der Waals surface area contributed by atoms with Crippen LogP contribution in [0, 0.1) is 5.92 Å². The minimum Gasteiger partial charge on any atom is -0.380 e. The predicted octanol–water partition coefficient (Wildman–Crippen LogP) is 1.40. The summed E-state index contributed by atoms with van der Waals surface area (Å²) in [5.41, 5.74) is 1.01. The van der Waals surface area contributed by atoms with Crippen molar-refractivity contribution in [1.29, 1.82) is 0 Å². The Morgan fingerprint density at radius 3 is 2.61 bits per heavy atom. The molecule has 0 saturated carbocycles. The molecule has 2 atom stereocenters. The van der Waals surface area contributed by atoms with Gasteiger partial charge in [-0.1, -0.05) is 26.0 Å². The van der Waals surface area contributed by atoms with Crippen LogP contribution in [-0.4, -0.2) is 40.8 Å². The van der Waals surface area contributed by atoms with Crippen molar-refractivity contribution < 1.29 is 4.74 Å². The van der Waals surface area contributed by atoms with Crippen molar-refractivity contribution in [3.63, 3.8) is 0 Å². The SMILES string of the molecule is CCCNC(Cc1cn(C)nn1)C(OC)C(C)C. The number of hydrogen-bond donors (Lipinski definition) is 1. The van der Waals surface area contributed by atoms with Crippen LogP contribution in [0.4, 0.5) is 0 Å². The fourth-order valence-electron chi connectivity index (χ4n) is 2.25. The van der Waals surface area contributed by atoms with Gasteiger partial charge < -0.3 is 10.1 Å². The van der Waals surface area contributed by atoms with E-state index < -0.39 is 0 Å². The van der Waals surface area contributed by atoms with Gasteiger partial charge in [0.15, 0.2) is 0 Å². The van der Waals surface area contributed by atoms with Crippen molar-refractivity contribution in [2.24, 2.45) is 13.0 Å². The highest BCUT2D eigenvalue weighted by Gasteiger charge is 2.24. The fourth-order valence-corrected chi connectivity index (χ4v) is 2.25. The van der Waals surface area contributed by atoms with E-state index in [0.717, 1.165) is 25.1 Å². The summed E-state index contributed by atoms with van der Waals surface area (Å²) in [4.78, 5) is 0. The van der Waals surface area contributed by atoms with Crippen molar-refractivity contribution in [2.75, 3.05) is 13.7 Å². The second kappa shape index (κ2) is 7.48. The molecule has 5 heteroatoms. The Balaban J connectivity index is 2.70. The summed E-state index contributed by atoms with van der Waals surface area (Å²) >= 11 is 0. The average Bonchev–Trinajstić information content (AvgIpc) is 2.72. The lowest BCUT2D eigenvalue weighted by Gasteiger charge is -2.29. The van der Waals surface area contributed by atoms with E-state index in [1.807, 2.05) is 13.2 Å². The molecule has 1 N–H and O–H groups in total. The van der Waals surface area contributed by atoms with Gasteiger partial charge in [-0.25, -0.2) is 0 Å². The van der Waals surface area contributed by atoms with Crippen LogP contribution in [0.15, 0.2) is 6.20 Å². The van der Waals surface area contributed by atoms with E-state index in [1.165, 1.54) is 0 Å². The maximum absolute atomic E-state index is 5.63. The number of ether oxygens (including phenoxy) is 1. The van der Waals surface area contributed by atoms with Crippen LogP contribution in [-0.2, 0) is 18.2 Å². The van der Waals surface area contributed by atoms with Gasteiger partial charge in [-0.3, -0.25) is 4.68 Å². The summed E-state index contributed by atoms with van der Waals surface area (Å²) in [5, 5.41) is 11.7. The van der Waals surface area contributed by atoms with Crippen molar-refractivity contribution in [3.05, 3.63) is 11.9 Å². The van der Waals surface area contributed by atoms with Gasteiger partial charge >= 0.3 is 0 Å². The number of aromatic nitrogens is 3. The molecule has 104 valence electrons. The van der Waals surface area contributed by atoms with Crippen molar-refractivity contribution in [1.82, 2.24) is 20.3 Å². The topological polar surface area (TPSA) is 52.0 Å². The number of hydrogen-bond acceptors (Lipinski definition) is 4. The highest BCUT2D eigenvalue weighted by atomic mass is 16.5. The molecule has 0 spiro atoms. The van der Waals surface area contributed by atoms with E-state index in [9.17, 15) is 0 Å². The number of aryl methyl sites for hydroxylation is 1. The molecular formula is C13H26N4O. The van der Waals surface area contributed by atoms with Crippen LogP contribution in [0.3, 0.4) is 0 Å². The Morgan fingerprint density at radius 2 is 2.17 bits per heavy atom. The molecular weight excluding hydrogens is 228 g/mol. The van der Waals surface area contributed by atoms with Crippen LogP contribution < -0.4 is 5.32 Å². The van der Waals surface area contributed by atoms with E-state index in [2.05, 4.69) is 36.4 Å². The molecule has 0 fully saturated rings. The maximum Gasteiger partial charge on any atom is 0.0843 e. The second-order valence-electron chi connectivity index (χ2n) is 5.09. The number of nitrogens with one attached hydrogen (secondary N) is 1. The number of methoxy groups -OCH3 is 1. The van der Waals surface area contributed by atoms with Crippen LogP contribution >= 0.6 is 0 Å². The Morgan fingerprint density at radius 1 is 1.44 bits per heavy atom. The first-order chi connectivity index (χ1) is 8.58. The third-order valence-electron chi connectivity index (χ3n) is 3.06. The third-order valence-corrected chi connectivity index (χ3v) is 3.06. The van der Waals surface area contributed by atoms with E-state index in [0.29, 0.717) is 5.92 Å². The van der Waals surface area contributed by atoms with E-state index in [1.54, 1.807) is 11.8 Å². The van der Waals surface area contributed by atoms with Crippen LogP contribution in [0.5, 0.6) is 0 Å². The Hall–Kier alpha value is -0.940. The van der Waals surface area contributed by atoms with Gasteiger partial charge in [0.05, 0.1) is 11.8 Å². The molecule has 2 unspecified atom stereocenters. The first-order valence-corrected chi connectivity index (χ1v) is 6.69. The highest BCUT2D eigenvalue weighted by molar-refractivity contribution is 4.98. The second-order valence-corrected chi connectivity index (χ2v) is 5.09. The molecule has 0 aliphatic heterocycles.